The number of nitrogens with two attached hydrogens (primary N) is 2. The predicted octanol–water partition coefficient (Wildman–Crippen LogP) is -2.69. The van der Waals surface area contributed by atoms with E-state index < -0.39 is 18.2 Å². The SMILES string of the molecule is NCC(N)OC(=O)C(=O)OCCO. The number of rotatable bonds is 4. The molecule has 0 amide bonds. The van der Waals surface area contributed by atoms with Crippen molar-refractivity contribution in [2.24, 2.45) is 11.5 Å². The smallest absolute Gasteiger partial charge is 0.419 e. The van der Waals surface area contributed by atoms with Crippen LogP contribution in [0.15, 0.2) is 0 Å². The Hall–Kier alpha value is -1.18. The van der Waals surface area contributed by atoms with Gasteiger partial charge in [-0.2, -0.15) is 0 Å². The Labute approximate surface area is 74.6 Å². The first-order chi connectivity index (χ1) is 6.11. The first kappa shape index (κ1) is 11.8. The molecule has 7 nitrogen and oxygen atoms in total. The molecule has 0 aliphatic heterocycles. The molecule has 0 aromatic carbocycles. The summed E-state index contributed by atoms with van der Waals surface area (Å²) in [6.45, 7) is -0.702. The van der Waals surface area contributed by atoms with Gasteiger partial charge in [-0.05, 0) is 0 Å². The third-order valence-corrected chi connectivity index (χ3v) is 0.982. The molecular weight excluding hydrogens is 180 g/mol. The van der Waals surface area contributed by atoms with Crippen molar-refractivity contribution in [2.75, 3.05) is 19.8 Å². The minimum atomic E-state index is -1.22. The first-order valence-electron chi connectivity index (χ1n) is 3.56. The molecule has 0 fully saturated rings. The maximum atomic E-state index is 10.7. The molecule has 0 spiro atoms. The zero-order chi connectivity index (χ0) is 10.3. The Morgan fingerprint density at radius 3 is 2.46 bits per heavy atom. The van der Waals surface area contributed by atoms with Crippen LogP contribution < -0.4 is 11.5 Å². The summed E-state index contributed by atoms with van der Waals surface area (Å²) in [5.41, 5.74) is 10.1. The molecule has 0 aromatic heterocycles. The van der Waals surface area contributed by atoms with Crippen LogP contribution in [0.5, 0.6) is 0 Å². The first-order valence-corrected chi connectivity index (χ1v) is 3.56. The summed E-state index contributed by atoms with van der Waals surface area (Å²) >= 11 is 0. The van der Waals surface area contributed by atoms with E-state index in [2.05, 4.69) is 9.47 Å². The molecule has 5 N–H and O–H groups in total. The number of aliphatic hydroxyl groups excluding tert-OH is 1. The van der Waals surface area contributed by atoms with E-state index in [1.54, 1.807) is 0 Å². The van der Waals surface area contributed by atoms with E-state index in [0.29, 0.717) is 0 Å². The normalized spacial score (nSPS) is 11.9. The number of aliphatic hydroxyl groups is 1. The molecule has 76 valence electrons. The van der Waals surface area contributed by atoms with Crippen molar-refractivity contribution in [1.29, 1.82) is 0 Å². The predicted molar refractivity (Wildman–Crippen MR) is 41.2 cm³/mol. The van der Waals surface area contributed by atoms with E-state index in [9.17, 15) is 9.59 Å². The second-order valence-electron chi connectivity index (χ2n) is 2.04. The van der Waals surface area contributed by atoms with E-state index in [4.69, 9.17) is 16.6 Å². The van der Waals surface area contributed by atoms with Gasteiger partial charge in [0, 0.05) is 6.54 Å². The van der Waals surface area contributed by atoms with Crippen LogP contribution in [0.25, 0.3) is 0 Å². The van der Waals surface area contributed by atoms with Crippen molar-refractivity contribution in [3.8, 4) is 0 Å². The van der Waals surface area contributed by atoms with Crippen LogP contribution in [0.2, 0.25) is 0 Å². The quantitative estimate of drug-likeness (QED) is 0.251. The third kappa shape index (κ3) is 5.12. The van der Waals surface area contributed by atoms with Gasteiger partial charge < -0.3 is 20.3 Å². The van der Waals surface area contributed by atoms with Crippen molar-refractivity contribution in [3.05, 3.63) is 0 Å². The number of hydrogen-bond acceptors (Lipinski definition) is 7. The summed E-state index contributed by atoms with van der Waals surface area (Å²) in [5.74, 6) is -2.41. The Kier molecular flexibility index (Phi) is 5.77. The van der Waals surface area contributed by atoms with Crippen molar-refractivity contribution in [1.82, 2.24) is 0 Å². The molecular formula is C6H12N2O5. The summed E-state index contributed by atoms with van der Waals surface area (Å²) < 4.78 is 8.55. The summed E-state index contributed by atoms with van der Waals surface area (Å²) in [5, 5.41) is 8.25. The summed E-state index contributed by atoms with van der Waals surface area (Å²) in [6.07, 6.45) is -1.02. The maximum Gasteiger partial charge on any atom is 0.419 e. The number of esters is 2. The zero-order valence-electron chi connectivity index (χ0n) is 6.93. The molecule has 0 aliphatic carbocycles. The standard InChI is InChI=1S/C6H12N2O5/c7-3-4(8)13-6(11)5(10)12-2-1-9/h4,9H,1-3,7-8H2. The van der Waals surface area contributed by atoms with Crippen molar-refractivity contribution in [3.63, 3.8) is 0 Å². The van der Waals surface area contributed by atoms with Crippen LogP contribution in [0.3, 0.4) is 0 Å². The highest BCUT2D eigenvalue weighted by Gasteiger charge is 2.19. The highest BCUT2D eigenvalue weighted by molar-refractivity contribution is 6.29. The topological polar surface area (TPSA) is 125 Å². The van der Waals surface area contributed by atoms with Crippen LogP contribution >= 0.6 is 0 Å². The number of carbonyl (C=O) groups excluding carboxylic acids is 2. The molecule has 13 heavy (non-hydrogen) atoms. The molecule has 7 heteroatoms. The lowest BCUT2D eigenvalue weighted by Crippen LogP contribution is -2.37. The molecule has 0 bridgehead atoms. The van der Waals surface area contributed by atoms with Gasteiger partial charge in [0.1, 0.15) is 6.61 Å². The van der Waals surface area contributed by atoms with Crippen LogP contribution in [0.4, 0.5) is 0 Å². The highest BCUT2D eigenvalue weighted by atomic mass is 16.6. The van der Waals surface area contributed by atoms with Gasteiger partial charge in [-0.1, -0.05) is 0 Å². The van der Waals surface area contributed by atoms with Gasteiger partial charge in [-0.25, -0.2) is 9.59 Å². The lowest BCUT2D eigenvalue weighted by Gasteiger charge is -2.09. The van der Waals surface area contributed by atoms with E-state index >= 15 is 0 Å². The van der Waals surface area contributed by atoms with Gasteiger partial charge in [-0.3, -0.25) is 5.73 Å². The van der Waals surface area contributed by atoms with Gasteiger partial charge in [-0.15, -0.1) is 0 Å². The summed E-state index contributed by atoms with van der Waals surface area (Å²) in [6, 6.07) is 0. The fourth-order valence-corrected chi connectivity index (χ4v) is 0.431. The molecule has 0 aliphatic rings. The molecule has 0 rings (SSSR count). The van der Waals surface area contributed by atoms with Crippen molar-refractivity contribution < 1.29 is 24.2 Å². The average molecular weight is 192 g/mol. The van der Waals surface area contributed by atoms with Gasteiger partial charge in [0.05, 0.1) is 6.61 Å². The Morgan fingerprint density at radius 2 is 2.00 bits per heavy atom. The third-order valence-electron chi connectivity index (χ3n) is 0.982. The van der Waals surface area contributed by atoms with Crippen LogP contribution in [-0.2, 0) is 19.1 Å². The molecule has 1 atom stereocenters. The maximum absolute atomic E-state index is 10.7. The van der Waals surface area contributed by atoms with Crippen LogP contribution in [-0.4, -0.2) is 43.0 Å². The van der Waals surface area contributed by atoms with Gasteiger partial charge in [0.15, 0.2) is 6.23 Å². The highest BCUT2D eigenvalue weighted by Crippen LogP contribution is 1.87. The molecule has 0 heterocycles. The van der Waals surface area contributed by atoms with E-state index in [1.807, 2.05) is 0 Å². The minimum absolute atomic E-state index is 0.0843. The monoisotopic (exact) mass is 192 g/mol. The Balaban J connectivity index is 3.76. The average Bonchev–Trinajstić information content (AvgIpc) is 2.13. The molecule has 0 aromatic rings. The van der Waals surface area contributed by atoms with Gasteiger partial charge in [0.25, 0.3) is 0 Å². The fraction of sp³-hybridized carbons (Fsp3) is 0.667. The second-order valence-corrected chi connectivity index (χ2v) is 2.04. The van der Waals surface area contributed by atoms with Gasteiger partial charge >= 0.3 is 11.9 Å². The number of hydrogen-bond donors (Lipinski definition) is 3. The van der Waals surface area contributed by atoms with Crippen LogP contribution in [0.1, 0.15) is 0 Å². The lowest BCUT2D eigenvalue weighted by molar-refractivity contribution is -0.171. The Morgan fingerprint density at radius 1 is 1.38 bits per heavy atom. The summed E-state index contributed by atoms with van der Waals surface area (Å²) in [7, 11) is 0. The molecule has 1 unspecified atom stereocenters. The van der Waals surface area contributed by atoms with E-state index in [-0.39, 0.29) is 19.8 Å². The Bertz CT molecular complexity index is 184. The minimum Gasteiger partial charge on any atom is -0.455 e. The molecule has 0 saturated carbocycles. The van der Waals surface area contributed by atoms with Crippen LogP contribution in [0, 0.1) is 0 Å². The molecule has 0 saturated heterocycles. The zero-order valence-corrected chi connectivity index (χ0v) is 6.93. The summed E-state index contributed by atoms with van der Waals surface area (Å²) in [4.78, 5) is 21.4. The second kappa shape index (κ2) is 6.35. The largest absolute Gasteiger partial charge is 0.455 e. The van der Waals surface area contributed by atoms with Crippen molar-refractivity contribution in [2.45, 2.75) is 6.23 Å². The lowest BCUT2D eigenvalue weighted by atomic mass is 10.6. The number of ether oxygens (including phenoxy) is 2. The van der Waals surface area contributed by atoms with Gasteiger partial charge in [0.2, 0.25) is 0 Å². The molecule has 0 radical (unpaired) electrons. The number of carbonyl (C=O) groups is 2. The van der Waals surface area contributed by atoms with Crippen molar-refractivity contribution >= 4 is 11.9 Å². The van der Waals surface area contributed by atoms with E-state index in [1.165, 1.54) is 0 Å². The fourth-order valence-electron chi connectivity index (χ4n) is 0.431. The van der Waals surface area contributed by atoms with E-state index in [0.717, 1.165) is 0 Å².